The zero-order valence-corrected chi connectivity index (χ0v) is 36.6. The molecule has 4 rings (SSSR count). The summed E-state index contributed by atoms with van der Waals surface area (Å²) in [7, 11) is 1.62. The summed E-state index contributed by atoms with van der Waals surface area (Å²) in [4.78, 5) is 55.2. The molecule has 4 N–H and O–H groups in total. The Morgan fingerprint density at radius 1 is 0.898 bits per heavy atom. The van der Waals surface area contributed by atoms with Crippen LogP contribution in [0.1, 0.15) is 76.1 Å². The lowest BCUT2D eigenvalue weighted by atomic mass is 9.91. The molecule has 1 atom stereocenters. The Morgan fingerprint density at radius 2 is 1.53 bits per heavy atom. The van der Waals surface area contributed by atoms with Crippen molar-refractivity contribution in [3.63, 3.8) is 0 Å². The van der Waals surface area contributed by atoms with Gasteiger partial charge in [0.1, 0.15) is 24.6 Å². The molecule has 0 bridgehead atoms. The molecule has 0 heterocycles. The van der Waals surface area contributed by atoms with E-state index in [1.54, 1.807) is 66.0 Å². The van der Waals surface area contributed by atoms with Crippen LogP contribution in [-0.4, -0.2) is 85.7 Å². The van der Waals surface area contributed by atoms with Crippen LogP contribution in [0, 0.1) is 18.3 Å². The Morgan fingerprint density at radius 3 is 2.10 bits per heavy atom. The third-order valence-corrected chi connectivity index (χ3v) is 10.2. The van der Waals surface area contributed by atoms with Crippen molar-refractivity contribution in [3.8, 4) is 11.5 Å². The van der Waals surface area contributed by atoms with Gasteiger partial charge in [-0.1, -0.05) is 41.4 Å². The number of nitrogens with one attached hydrogen (secondary N) is 1. The van der Waals surface area contributed by atoms with Crippen molar-refractivity contribution in [3.05, 3.63) is 86.9 Å². The van der Waals surface area contributed by atoms with Crippen molar-refractivity contribution in [1.82, 2.24) is 10.2 Å². The van der Waals surface area contributed by atoms with Crippen LogP contribution >= 0.6 is 23.2 Å². The van der Waals surface area contributed by atoms with E-state index in [1.165, 1.54) is 0 Å². The van der Waals surface area contributed by atoms with Gasteiger partial charge in [0, 0.05) is 45.1 Å². The second-order valence-corrected chi connectivity index (χ2v) is 17.4. The highest BCUT2D eigenvalue weighted by molar-refractivity contribution is 6.37. The van der Waals surface area contributed by atoms with E-state index < -0.39 is 35.0 Å². The summed E-state index contributed by atoms with van der Waals surface area (Å²) in [5, 5.41) is 13.9. The molecule has 13 nitrogen and oxygen atoms in total. The Labute approximate surface area is 357 Å². The monoisotopic (exact) mass is 856 g/mol. The van der Waals surface area contributed by atoms with Crippen LogP contribution in [0.3, 0.4) is 0 Å². The fourth-order valence-corrected chi connectivity index (χ4v) is 7.11. The van der Waals surface area contributed by atoms with Crippen molar-refractivity contribution in [2.24, 2.45) is 17.1 Å². The predicted octanol–water partition coefficient (Wildman–Crippen LogP) is 8.21. The third kappa shape index (κ3) is 14.8. The van der Waals surface area contributed by atoms with Gasteiger partial charge >= 0.3 is 12.2 Å². The molecular weight excluding hydrogens is 799 g/mol. The standard InChI is InChI=1S/C44H58Cl2N4O9/c1-28-19-36(45)38(37(46)20-28)58-18-17-57-35-14-10-29(11-15-35)22-32(25-48-41(53)59-43(2,3)4)39(51)49(33-12-13-33)26-31-21-30(9-8-16-56-7)23-34(24-31)50(42(54)55)27-44(5,6)40(47)52/h10-11,14-15,19-21,23-24,32-33H,8-9,12-13,16-18,22,25-27H2,1-7H3,(H2,47,52)(H,48,53)(H,54,55). The maximum atomic E-state index is 14.6. The molecule has 1 aliphatic rings. The largest absolute Gasteiger partial charge is 0.490 e. The Bertz CT molecular complexity index is 1910. The second kappa shape index (κ2) is 21.0. The summed E-state index contributed by atoms with van der Waals surface area (Å²) < 4.78 is 22.4. The van der Waals surface area contributed by atoms with E-state index in [2.05, 4.69) is 5.32 Å². The number of carboxylic acid groups (broad SMARTS) is 1. The lowest BCUT2D eigenvalue weighted by Crippen LogP contribution is -2.45. The summed E-state index contributed by atoms with van der Waals surface area (Å²) >= 11 is 12.6. The Hall–Kier alpha value is -4.72. The number of alkyl carbamates (subject to hydrolysis) is 1. The number of halogens is 2. The lowest BCUT2D eigenvalue weighted by molar-refractivity contribution is -0.136. The van der Waals surface area contributed by atoms with E-state index >= 15 is 0 Å². The molecule has 15 heteroatoms. The number of ether oxygens (including phenoxy) is 4. The predicted molar refractivity (Wildman–Crippen MR) is 229 cm³/mol. The molecule has 1 unspecified atom stereocenters. The number of carbonyl (C=O) groups is 4. The fourth-order valence-electron chi connectivity index (χ4n) is 6.40. The number of rotatable bonds is 21. The van der Waals surface area contributed by atoms with Crippen molar-refractivity contribution in [1.29, 1.82) is 0 Å². The molecule has 0 aliphatic heterocycles. The van der Waals surface area contributed by atoms with Crippen LogP contribution in [0.2, 0.25) is 10.0 Å². The topological polar surface area (TPSA) is 170 Å². The smallest absolute Gasteiger partial charge is 0.411 e. The summed E-state index contributed by atoms with van der Waals surface area (Å²) in [5.74, 6) is -0.452. The summed E-state index contributed by atoms with van der Waals surface area (Å²) in [6.07, 6.45) is 1.36. The number of primary amides is 1. The number of carbonyl (C=O) groups excluding carboxylic acids is 3. The van der Waals surface area contributed by atoms with Gasteiger partial charge in [-0.15, -0.1) is 0 Å². The highest BCUT2D eigenvalue weighted by Crippen LogP contribution is 2.35. The molecule has 0 spiro atoms. The first-order chi connectivity index (χ1) is 27.8. The molecule has 59 heavy (non-hydrogen) atoms. The average molecular weight is 858 g/mol. The summed E-state index contributed by atoms with van der Waals surface area (Å²) in [5.41, 5.74) is 7.50. The zero-order chi connectivity index (χ0) is 43.5. The lowest BCUT2D eigenvalue weighted by Gasteiger charge is -2.31. The van der Waals surface area contributed by atoms with Crippen LogP contribution in [0.5, 0.6) is 11.5 Å². The second-order valence-electron chi connectivity index (χ2n) is 16.6. The highest BCUT2D eigenvalue weighted by Gasteiger charge is 2.37. The Kier molecular flexibility index (Phi) is 16.7. The molecule has 1 saturated carbocycles. The van der Waals surface area contributed by atoms with Crippen LogP contribution in [0.15, 0.2) is 54.6 Å². The molecule has 322 valence electrons. The zero-order valence-electron chi connectivity index (χ0n) is 35.1. The molecule has 3 aromatic rings. The first-order valence-electron chi connectivity index (χ1n) is 19.8. The van der Waals surface area contributed by atoms with Gasteiger partial charge < -0.3 is 40.0 Å². The van der Waals surface area contributed by atoms with Crippen molar-refractivity contribution >= 4 is 52.9 Å². The van der Waals surface area contributed by atoms with Gasteiger partial charge in [0.15, 0.2) is 5.75 Å². The quantitative estimate of drug-likeness (QED) is 0.0894. The number of anilines is 1. The molecular formula is C44H58Cl2N4O9. The van der Waals surface area contributed by atoms with Crippen LogP contribution in [-0.2, 0) is 38.4 Å². The van der Waals surface area contributed by atoms with E-state index in [0.717, 1.165) is 40.0 Å². The minimum absolute atomic E-state index is 0.0218. The molecule has 4 amide bonds. The van der Waals surface area contributed by atoms with Crippen molar-refractivity contribution < 1.29 is 43.2 Å². The van der Waals surface area contributed by atoms with E-state index in [4.69, 9.17) is 47.9 Å². The number of aryl methyl sites for hydroxylation is 2. The average Bonchev–Trinajstić information content (AvgIpc) is 3.99. The number of benzene rings is 3. The van der Waals surface area contributed by atoms with E-state index in [-0.39, 0.29) is 44.8 Å². The van der Waals surface area contributed by atoms with E-state index in [9.17, 15) is 24.3 Å². The van der Waals surface area contributed by atoms with Gasteiger partial charge in [-0.05, 0) is 132 Å². The van der Waals surface area contributed by atoms with Crippen LogP contribution in [0.25, 0.3) is 0 Å². The third-order valence-electron chi connectivity index (χ3n) is 9.63. The van der Waals surface area contributed by atoms with E-state index in [0.29, 0.717) is 53.1 Å². The number of amides is 4. The maximum absolute atomic E-state index is 14.6. The highest BCUT2D eigenvalue weighted by atomic mass is 35.5. The molecule has 1 aliphatic carbocycles. The first-order valence-corrected chi connectivity index (χ1v) is 20.5. The number of nitrogens with two attached hydrogens (primary N) is 1. The summed E-state index contributed by atoms with van der Waals surface area (Å²) in [6, 6.07) is 16.4. The first kappa shape index (κ1) is 47.0. The molecule has 3 aromatic carbocycles. The Balaban J connectivity index is 1.56. The molecule has 0 aromatic heterocycles. The normalized spacial score (nSPS) is 13.3. The van der Waals surface area contributed by atoms with Crippen LogP contribution in [0.4, 0.5) is 15.3 Å². The minimum Gasteiger partial charge on any atom is -0.490 e. The SMILES string of the molecule is COCCCc1cc(CN(C(=O)C(CNC(=O)OC(C)(C)C)Cc2ccc(OCCOc3c(Cl)cc(C)cc3Cl)cc2)C2CC2)cc(N(CC(C)(C)C(N)=O)C(=O)O)c1. The van der Waals surface area contributed by atoms with Gasteiger partial charge in [-0.25, -0.2) is 9.59 Å². The van der Waals surface area contributed by atoms with Gasteiger partial charge in [0.2, 0.25) is 11.8 Å². The summed E-state index contributed by atoms with van der Waals surface area (Å²) in [6.45, 7) is 11.4. The molecule has 1 fully saturated rings. The van der Waals surface area contributed by atoms with Crippen LogP contribution < -0.4 is 25.4 Å². The fraction of sp³-hybridized carbons (Fsp3) is 0.500. The number of hydrogen-bond donors (Lipinski definition) is 3. The van der Waals surface area contributed by atoms with E-state index in [1.807, 2.05) is 42.2 Å². The van der Waals surface area contributed by atoms with Gasteiger partial charge in [-0.3, -0.25) is 14.5 Å². The van der Waals surface area contributed by atoms with Gasteiger partial charge in [0.25, 0.3) is 0 Å². The number of methoxy groups -OCH3 is 1. The van der Waals surface area contributed by atoms with Gasteiger partial charge in [0.05, 0.1) is 21.4 Å². The molecule has 0 radical (unpaired) electrons. The maximum Gasteiger partial charge on any atom is 0.411 e. The number of hydrogen-bond acceptors (Lipinski definition) is 8. The van der Waals surface area contributed by atoms with Crippen molar-refractivity contribution in [2.45, 2.75) is 91.8 Å². The number of nitrogens with zero attached hydrogens (tertiary/aromatic N) is 2. The molecule has 0 saturated heterocycles. The minimum atomic E-state index is -1.23. The van der Waals surface area contributed by atoms with Crippen molar-refractivity contribution in [2.75, 3.05) is 44.9 Å². The van der Waals surface area contributed by atoms with Gasteiger partial charge in [-0.2, -0.15) is 0 Å².